The van der Waals surface area contributed by atoms with E-state index in [1.165, 1.54) is 0 Å². The molecule has 1 saturated heterocycles. The van der Waals surface area contributed by atoms with Gasteiger partial charge in [0.2, 0.25) is 0 Å². The molecule has 0 aromatic heterocycles. The van der Waals surface area contributed by atoms with Crippen LogP contribution in [0.1, 0.15) is 6.92 Å². The molecule has 1 heterocycles. The van der Waals surface area contributed by atoms with E-state index in [1.807, 2.05) is 6.92 Å². The molecule has 0 radical (unpaired) electrons. The van der Waals surface area contributed by atoms with Crippen molar-refractivity contribution >= 4 is 0 Å². The first-order valence-electron chi connectivity index (χ1n) is 5.00. The molecule has 14 heavy (non-hydrogen) atoms. The highest BCUT2D eigenvalue weighted by Crippen LogP contribution is 2.12. The molecule has 4 heteroatoms. The summed E-state index contributed by atoms with van der Waals surface area (Å²) in [4.78, 5) is 2.17. The molecule has 0 aliphatic carbocycles. The van der Waals surface area contributed by atoms with Crippen molar-refractivity contribution in [1.82, 2.24) is 4.90 Å². The van der Waals surface area contributed by atoms with E-state index in [-0.39, 0.29) is 12.0 Å². The maximum atomic E-state index is 9.09. The summed E-state index contributed by atoms with van der Waals surface area (Å²) in [5, 5.41) is 9.09. The van der Waals surface area contributed by atoms with Gasteiger partial charge in [-0.25, -0.2) is 0 Å². The predicted octanol–water partition coefficient (Wildman–Crippen LogP) is 0.493. The minimum absolute atomic E-state index is 0.0427. The molecule has 2 unspecified atom stereocenters. The predicted molar refractivity (Wildman–Crippen MR) is 52.8 cm³/mol. The Morgan fingerprint density at radius 3 is 2.64 bits per heavy atom. The van der Waals surface area contributed by atoms with E-state index in [0.29, 0.717) is 6.61 Å². The highest BCUT2D eigenvalue weighted by atomic mass is 16.5. The number of methoxy groups -OCH3 is 1. The fourth-order valence-corrected chi connectivity index (χ4v) is 1.78. The van der Waals surface area contributed by atoms with Gasteiger partial charge in [0.1, 0.15) is 6.04 Å². The molecule has 0 saturated carbocycles. The fourth-order valence-electron chi connectivity index (χ4n) is 1.78. The van der Waals surface area contributed by atoms with Crippen LogP contribution in [0.4, 0.5) is 0 Å². The number of morpholine rings is 1. The standard InChI is InChI=1S/C10H18N2O2/c1-9(8-13-2)10(7-11)12-3-5-14-6-4-12/h9-10H,3-6,8H2,1-2H3. The van der Waals surface area contributed by atoms with E-state index in [9.17, 15) is 0 Å². The molecule has 0 bridgehead atoms. The van der Waals surface area contributed by atoms with Crippen LogP contribution in [0.25, 0.3) is 0 Å². The van der Waals surface area contributed by atoms with Crippen molar-refractivity contribution in [3.8, 4) is 6.07 Å². The van der Waals surface area contributed by atoms with Crippen molar-refractivity contribution in [3.05, 3.63) is 0 Å². The normalized spacial score (nSPS) is 22.6. The molecule has 0 spiro atoms. The quantitative estimate of drug-likeness (QED) is 0.659. The van der Waals surface area contributed by atoms with Gasteiger partial charge in [-0.2, -0.15) is 5.26 Å². The molecule has 0 amide bonds. The summed E-state index contributed by atoms with van der Waals surface area (Å²) in [5.74, 6) is 0.253. The lowest BCUT2D eigenvalue weighted by Crippen LogP contribution is -2.46. The van der Waals surface area contributed by atoms with Gasteiger partial charge in [-0.1, -0.05) is 6.92 Å². The second-order valence-electron chi connectivity index (χ2n) is 3.65. The van der Waals surface area contributed by atoms with Crippen LogP contribution in [-0.2, 0) is 9.47 Å². The zero-order valence-corrected chi connectivity index (χ0v) is 8.90. The van der Waals surface area contributed by atoms with Crippen LogP contribution in [0.5, 0.6) is 0 Å². The third kappa shape index (κ3) is 2.95. The number of ether oxygens (including phenoxy) is 2. The Morgan fingerprint density at radius 2 is 2.14 bits per heavy atom. The molecule has 1 fully saturated rings. The van der Waals surface area contributed by atoms with E-state index in [4.69, 9.17) is 14.7 Å². The van der Waals surface area contributed by atoms with Crippen LogP contribution in [0.3, 0.4) is 0 Å². The Labute approximate surface area is 85.4 Å². The second-order valence-corrected chi connectivity index (χ2v) is 3.65. The van der Waals surface area contributed by atoms with Crippen LogP contribution >= 0.6 is 0 Å². The van der Waals surface area contributed by atoms with E-state index >= 15 is 0 Å². The van der Waals surface area contributed by atoms with Crippen molar-refractivity contribution in [2.24, 2.45) is 5.92 Å². The Bertz CT molecular complexity index is 197. The largest absolute Gasteiger partial charge is 0.384 e. The van der Waals surface area contributed by atoms with Gasteiger partial charge in [-0.3, -0.25) is 4.90 Å². The van der Waals surface area contributed by atoms with E-state index in [0.717, 1.165) is 26.3 Å². The lowest BCUT2D eigenvalue weighted by atomic mass is 10.0. The third-order valence-electron chi connectivity index (χ3n) is 2.54. The van der Waals surface area contributed by atoms with Gasteiger partial charge in [0, 0.05) is 26.1 Å². The third-order valence-corrected chi connectivity index (χ3v) is 2.54. The zero-order valence-electron chi connectivity index (χ0n) is 8.90. The zero-order chi connectivity index (χ0) is 10.4. The van der Waals surface area contributed by atoms with E-state index < -0.39 is 0 Å². The van der Waals surface area contributed by atoms with Gasteiger partial charge in [0.25, 0.3) is 0 Å². The summed E-state index contributed by atoms with van der Waals surface area (Å²) in [5.41, 5.74) is 0. The van der Waals surface area contributed by atoms with Gasteiger partial charge in [-0.05, 0) is 0 Å². The first kappa shape index (κ1) is 11.4. The molecule has 1 aliphatic rings. The van der Waals surface area contributed by atoms with Crippen LogP contribution in [-0.4, -0.2) is 51.0 Å². The van der Waals surface area contributed by atoms with Crippen LogP contribution < -0.4 is 0 Å². The number of nitriles is 1. The number of rotatable bonds is 4. The Hall–Kier alpha value is -0.630. The summed E-state index contributed by atoms with van der Waals surface area (Å²) in [6, 6.07) is 2.30. The van der Waals surface area contributed by atoms with Crippen molar-refractivity contribution in [3.63, 3.8) is 0 Å². The Balaban J connectivity index is 2.47. The molecular weight excluding hydrogens is 180 g/mol. The summed E-state index contributed by atoms with van der Waals surface area (Å²) in [6.07, 6.45) is 0. The molecule has 1 rings (SSSR count). The van der Waals surface area contributed by atoms with Crippen molar-refractivity contribution < 1.29 is 9.47 Å². The lowest BCUT2D eigenvalue weighted by molar-refractivity contribution is 0.00840. The molecule has 1 aliphatic heterocycles. The lowest BCUT2D eigenvalue weighted by Gasteiger charge is -2.33. The monoisotopic (exact) mass is 198 g/mol. The molecule has 2 atom stereocenters. The van der Waals surface area contributed by atoms with Gasteiger partial charge in [-0.15, -0.1) is 0 Å². The molecule has 4 nitrogen and oxygen atoms in total. The summed E-state index contributed by atoms with van der Waals surface area (Å²) >= 11 is 0. The first-order valence-corrected chi connectivity index (χ1v) is 5.00. The van der Waals surface area contributed by atoms with Crippen LogP contribution in [0, 0.1) is 17.2 Å². The van der Waals surface area contributed by atoms with Gasteiger partial charge in [0.15, 0.2) is 0 Å². The van der Waals surface area contributed by atoms with E-state index in [1.54, 1.807) is 7.11 Å². The summed E-state index contributed by atoms with van der Waals surface area (Å²) in [7, 11) is 1.67. The smallest absolute Gasteiger partial charge is 0.103 e. The Kier molecular flexibility index (Phi) is 4.88. The maximum absolute atomic E-state index is 9.09. The average Bonchev–Trinajstić information content (AvgIpc) is 2.21. The topological polar surface area (TPSA) is 45.5 Å². The summed E-state index contributed by atoms with van der Waals surface area (Å²) < 4.78 is 10.3. The summed E-state index contributed by atoms with van der Waals surface area (Å²) in [6.45, 7) is 5.86. The van der Waals surface area contributed by atoms with Gasteiger partial charge < -0.3 is 9.47 Å². The highest BCUT2D eigenvalue weighted by molar-refractivity contribution is 4.95. The van der Waals surface area contributed by atoms with Gasteiger partial charge in [0.05, 0.1) is 25.9 Å². The minimum atomic E-state index is -0.0427. The van der Waals surface area contributed by atoms with Gasteiger partial charge >= 0.3 is 0 Å². The fraction of sp³-hybridized carbons (Fsp3) is 0.900. The van der Waals surface area contributed by atoms with Crippen molar-refractivity contribution in [2.45, 2.75) is 13.0 Å². The molecular formula is C10H18N2O2. The van der Waals surface area contributed by atoms with Crippen LogP contribution in [0.2, 0.25) is 0 Å². The second kappa shape index (κ2) is 5.97. The molecule has 0 N–H and O–H groups in total. The Morgan fingerprint density at radius 1 is 1.50 bits per heavy atom. The molecule has 0 aromatic carbocycles. The van der Waals surface area contributed by atoms with Crippen molar-refractivity contribution in [1.29, 1.82) is 5.26 Å². The maximum Gasteiger partial charge on any atom is 0.103 e. The average molecular weight is 198 g/mol. The molecule has 80 valence electrons. The minimum Gasteiger partial charge on any atom is -0.384 e. The SMILES string of the molecule is COCC(C)C(C#N)N1CCOCC1. The van der Waals surface area contributed by atoms with Crippen molar-refractivity contribution in [2.75, 3.05) is 40.0 Å². The number of nitrogens with zero attached hydrogens (tertiary/aromatic N) is 2. The van der Waals surface area contributed by atoms with E-state index in [2.05, 4.69) is 11.0 Å². The number of hydrogen-bond acceptors (Lipinski definition) is 4. The number of hydrogen-bond donors (Lipinski definition) is 0. The molecule has 0 aromatic rings. The van der Waals surface area contributed by atoms with Crippen LogP contribution in [0.15, 0.2) is 0 Å². The first-order chi connectivity index (χ1) is 6.79. The highest BCUT2D eigenvalue weighted by Gasteiger charge is 2.25.